The molecule has 0 aliphatic heterocycles. The highest BCUT2D eigenvalue weighted by Gasteiger charge is 2.06. The summed E-state index contributed by atoms with van der Waals surface area (Å²) in [5, 5.41) is 9.07. The van der Waals surface area contributed by atoms with Gasteiger partial charge in [0.2, 0.25) is 0 Å². The highest BCUT2D eigenvalue weighted by atomic mass is 32.2. The number of ether oxygens (including phenoxy) is 2. The lowest BCUT2D eigenvalue weighted by Crippen LogP contribution is -2.06. The summed E-state index contributed by atoms with van der Waals surface area (Å²) in [6.07, 6.45) is 0. The highest BCUT2D eigenvalue weighted by molar-refractivity contribution is 8.00. The summed E-state index contributed by atoms with van der Waals surface area (Å²) in [5.41, 5.74) is 0.730. The van der Waals surface area contributed by atoms with E-state index in [-0.39, 0.29) is 18.3 Å². The predicted molar refractivity (Wildman–Crippen MR) is 66.3 cm³/mol. The summed E-state index contributed by atoms with van der Waals surface area (Å²) in [7, 11) is 1.55. The molecule has 5 heteroatoms. The van der Waals surface area contributed by atoms with Crippen molar-refractivity contribution in [3.63, 3.8) is 0 Å². The van der Waals surface area contributed by atoms with E-state index in [2.05, 4.69) is 0 Å². The third-order valence-corrected chi connectivity index (χ3v) is 3.06. The first kappa shape index (κ1) is 13.9. The quantitative estimate of drug-likeness (QED) is 0.621. The molecule has 0 atom stereocenters. The standard InChI is InChI=1S/C12H16O4S/c1-3-16-12(14)8-17-10-5-4-9(7-13)11(6-10)15-2/h4-6,13H,3,7-8H2,1-2H3. The Morgan fingerprint density at radius 3 is 2.82 bits per heavy atom. The lowest BCUT2D eigenvalue weighted by molar-refractivity contribution is -0.139. The molecule has 0 fully saturated rings. The maximum atomic E-state index is 11.2. The minimum Gasteiger partial charge on any atom is -0.496 e. The summed E-state index contributed by atoms with van der Waals surface area (Å²) < 4.78 is 9.98. The molecule has 0 amide bonds. The van der Waals surface area contributed by atoms with Gasteiger partial charge in [0, 0.05) is 10.5 Å². The second-order valence-electron chi connectivity index (χ2n) is 3.23. The summed E-state index contributed by atoms with van der Waals surface area (Å²) >= 11 is 1.38. The van der Waals surface area contributed by atoms with Crippen LogP contribution >= 0.6 is 11.8 Å². The van der Waals surface area contributed by atoms with Crippen LogP contribution in [0.25, 0.3) is 0 Å². The van der Waals surface area contributed by atoms with Crippen LogP contribution in [0.5, 0.6) is 5.75 Å². The second-order valence-corrected chi connectivity index (χ2v) is 4.27. The van der Waals surface area contributed by atoms with Crippen molar-refractivity contribution in [2.45, 2.75) is 18.4 Å². The van der Waals surface area contributed by atoms with Crippen molar-refractivity contribution in [2.75, 3.05) is 19.5 Å². The Morgan fingerprint density at radius 2 is 2.24 bits per heavy atom. The van der Waals surface area contributed by atoms with Gasteiger partial charge in [-0.1, -0.05) is 6.07 Å². The molecule has 0 radical (unpaired) electrons. The van der Waals surface area contributed by atoms with Gasteiger partial charge in [-0.2, -0.15) is 0 Å². The SMILES string of the molecule is CCOC(=O)CSc1ccc(CO)c(OC)c1. The third-order valence-electron chi connectivity index (χ3n) is 2.09. The fourth-order valence-corrected chi connectivity index (χ4v) is 2.01. The van der Waals surface area contributed by atoms with Gasteiger partial charge in [0.25, 0.3) is 0 Å². The molecule has 1 rings (SSSR count). The van der Waals surface area contributed by atoms with Crippen LogP contribution < -0.4 is 4.74 Å². The van der Waals surface area contributed by atoms with E-state index in [1.54, 1.807) is 26.2 Å². The molecule has 0 aliphatic rings. The zero-order chi connectivity index (χ0) is 12.7. The van der Waals surface area contributed by atoms with Gasteiger partial charge in [0.15, 0.2) is 0 Å². The molecular formula is C12H16O4S. The molecule has 0 aliphatic carbocycles. The average Bonchev–Trinajstić information content (AvgIpc) is 2.36. The van der Waals surface area contributed by atoms with E-state index in [1.165, 1.54) is 11.8 Å². The lowest BCUT2D eigenvalue weighted by Gasteiger charge is -2.08. The smallest absolute Gasteiger partial charge is 0.316 e. The number of hydrogen-bond acceptors (Lipinski definition) is 5. The molecule has 0 aromatic heterocycles. The maximum absolute atomic E-state index is 11.2. The molecule has 1 aromatic carbocycles. The van der Waals surface area contributed by atoms with Gasteiger partial charge < -0.3 is 14.6 Å². The van der Waals surface area contributed by atoms with Crippen LogP contribution in [0.1, 0.15) is 12.5 Å². The number of rotatable bonds is 6. The van der Waals surface area contributed by atoms with Crippen molar-refractivity contribution in [1.29, 1.82) is 0 Å². The number of aliphatic hydroxyl groups is 1. The summed E-state index contributed by atoms with van der Waals surface area (Å²) in [4.78, 5) is 12.1. The van der Waals surface area contributed by atoms with Crippen molar-refractivity contribution in [3.8, 4) is 5.75 Å². The number of esters is 1. The molecular weight excluding hydrogens is 240 g/mol. The van der Waals surface area contributed by atoms with Gasteiger partial charge in [-0.15, -0.1) is 11.8 Å². The van der Waals surface area contributed by atoms with Gasteiger partial charge in [0.1, 0.15) is 5.75 Å². The molecule has 17 heavy (non-hydrogen) atoms. The van der Waals surface area contributed by atoms with E-state index in [0.717, 1.165) is 10.5 Å². The zero-order valence-electron chi connectivity index (χ0n) is 9.93. The summed E-state index contributed by atoms with van der Waals surface area (Å²) in [6.45, 7) is 2.11. The first-order valence-electron chi connectivity index (χ1n) is 5.27. The fraction of sp³-hybridized carbons (Fsp3) is 0.417. The van der Waals surface area contributed by atoms with E-state index in [4.69, 9.17) is 14.6 Å². The molecule has 1 aromatic rings. The zero-order valence-corrected chi connectivity index (χ0v) is 10.8. The van der Waals surface area contributed by atoms with Crippen LogP contribution in [0.3, 0.4) is 0 Å². The second kappa shape index (κ2) is 7.19. The fourth-order valence-electron chi connectivity index (χ4n) is 1.29. The normalized spacial score (nSPS) is 10.1. The van der Waals surface area contributed by atoms with E-state index in [0.29, 0.717) is 12.4 Å². The van der Waals surface area contributed by atoms with Crippen LogP contribution in [0.15, 0.2) is 23.1 Å². The van der Waals surface area contributed by atoms with Crippen LogP contribution in [0.4, 0.5) is 0 Å². The molecule has 0 unspecified atom stereocenters. The van der Waals surface area contributed by atoms with Gasteiger partial charge in [0.05, 0.1) is 26.1 Å². The predicted octanol–water partition coefficient (Wildman–Crippen LogP) is 1.84. The molecule has 94 valence electrons. The average molecular weight is 256 g/mol. The minimum atomic E-state index is -0.234. The molecule has 1 N–H and O–H groups in total. The molecule has 0 bridgehead atoms. The van der Waals surface area contributed by atoms with Crippen molar-refractivity contribution in [1.82, 2.24) is 0 Å². The Hall–Kier alpha value is -1.20. The van der Waals surface area contributed by atoms with Crippen molar-refractivity contribution < 1.29 is 19.4 Å². The van der Waals surface area contributed by atoms with E-state index in [9.17, 15) is 4.79 Å². The van der Waals surface area contributed by atoms with Gasteiger partial charge in [-0.05, 0) is 19.1 Å². The largest absolute Gasteiger partial charge is 0.496 e. The molecule has 0 saturated heterocycles. The van der Waals surface area contributed by atoms with Crippen LogP contribution in [-0.4, -0.2) is 30.5 Å². The van der Waals surface area contributed by atoms with E-state index >= 15 is 0 Å². The number of thioether (sulfide) groups is 1. The van der Waals surface area contributed by atoms with Crippen molar-refractivity contribution in [2.24, 2.45) is 0 Å². The molecule has 0 saturated carbocycles. The Balaban J connectivity index is 2.63. The molecule has 4 nitrogen and oxygen atoms in total. The maximum Gasteiger partial charge on any atom is 0.316 e. The summed E-state index contributed by atoms with van der Waals surface area (Å²) in [5.74, 6) is 0.666. The monoisotopic (exact) mass is 256 g/mol. The lowest BCUT2D eigenvalue weighted by atomic mass is 10.2. The van der Waals surface area contributed by atoms with Gasteiger partial charge in [-0.3, -0.25) is 4.79 Å². The topological polar surface area (TPSA) is 55.8 Å². The Kier molecular flexibility index (Phi) is 5.86. The number of methoxy groups -OCH3 is 1. The molecule has 0 heterocycles. The first-order chi connectivity index (χ1) is 8.21. The number of benzene rings is 1. The van der Waals surface area contributed by atoms with Crippen LogP contribution in [0, 0.1) is 0 Å². The van der Waals surface area contributed by atoms with E-state index < -0.39 is 0 Å². The van der Waals surface area contributed by atoms with Gasteiger partial charge in [-0.25, -0.2) is 0 Å². The number of carbonyl (C=O) groups excluding carboxylic acids is 1. The van der Waals surface area contributed by atoms with Gasteiger partial charge >= 0.3 is 5.97 Å². The number of hydrogen-bond donors (Lipinski definition) is 1. The Labute approximate surface area is 105 Å². The third kappa shape index (κ3) is 4.28. The van der Waals surface area contributed by atoms with E-state index in [1.807, 2.05) is 6.07 Å². The first-order valence-corrected chi connectivity index (χ1v) is 6.26. The number of carbonyl (C=O) groups is 1. The van der Waals surface area contributed by atoms with Crippen molar-refractivity contribution >= 4 is 17.7 Å². The highest BCUT2D eigenvalue weighted by Crippen LogP contribution is 2.26. The molecule has 0 spiro atoms. The van der Waals surface area contributed by atoms with Crippen molar-refractivity contribution in [3.05, 3.63) is 23.8 Å². The van der Waals surface area contributed by atoms with Crippen LogP contribution in [0.2, 0.25) is 0 Å². The Bertz CT molecular complexity index is 379. The Morgan fingerprint density at radius 1 is 1.47 bits per heavy atom. The van der Waals surface area contributed by atoms with Crippen LogP contribution in [-0.2, 0) is 16.1 Å². The summed E-state index contributed by atoms with van der Waals surface area (Å²) in [6, 6.07) is 5.43. The number of aliphatic hydroxyl groups excluding tert-OH is 1. The minimum absolute atomic E-state index is 0.0635.